The van der Waals surface area contributed by atoms with Gasteiger partial charge in [-0.2, -0.15) is 0 Å². The standard InChI is InChI=1S/C9H10O4.C7H10N2/c1-9(8(12)13)4-2-3-6(5-9)7(10)11;1-9-7-5-3-2-4-6(7)8/h2-4H,5H2,1H3,(H,10,11)(H,12,13);2-5,9H,8H2,1H3/t9-;/m1./s1. The Morgan fingerprint density at radius 2 is 1.91 bits per heavy atom. The second-order valence-corrected chi connectivity index (χ2v) is 5.09. The number of allylic oxidation sites excluding steroid dienone is 2. The number of nitrogens with one attached hydrogen (secondary N) is 1. The maximum atomic E-state index is 10.8. The van der Waals surface area contributed by atoms with Gasteiger partial charge in [0.25, 0.3) is 0 Å². The number of hydrogen-bond acceptors (Lipinski definition) is 4. The summed E-state index contributed by atoms with van der Waals surface area (Å²) in [4.78, 5) is 21.3. The highest BCUT2D eigenvalue weighted by molar-refractivity contribution is 5.90. The molecule has 1 atom stereocenters. The quantitative estimate of drug-likeness (QED) is 0.638. The highest BCUT2D eigenvalue weighted by Gasteiger charge is 2.34. The Morgan fingerprint density at radius 1 is 1.27 bits per heavy atom. The molecular formula is C16H20N2O4. The summed E-state index contributed by atoms with van der Waals surface area (Å²) in [6.45, 7) is 1.50. The van der Waals surface area contributed by atoms with E-state index in [9.17, 15) is 9.59 Å². The van der Waals surface area contributed by atoms with Crippen molar-refractivity contribution in [1.29, 1.82) is 0 Å². The van der Waals surface area contributed by atoms with Crippen molar-refractivity contribution in [3.63, 3.8) is 0 Å². The summed E-state index contributed by atoms with van der Waals surface area (Å²) >= 11 is 0. The molecule has 1 aliphatic rings. The Morgan fingerprint density at radius 3 is 2.36 bits per heavy atom. The molecule has 0 amide bonds. The first kappa shape index (κ1) is 17.3. The third-order valence-corrected chi connectivity index (χ3v) is 3.31. The van der Waals surface area contributed by atoms with Gasteiger partial charge in [-0.25, -0.2) is 4.79 Å². The zero-order chi connectivity index (χ0) is 16.8. The van der Waals surface area contributed by atoms with Crippen molar-refractivity contribution >= 4 is 23.3 Å². The van der Waals surface area contributed by atoms with E-state index in [4.69, 9.17) is 15.9 Å². The van der Waals surface area contributed by atoms with Crippen LogP contribution in [0.4, 0.5) is 11.4 Å². The molecule has 6 heteroatoms. The van der Waals surface area contributed by atoms with E-state index in [1.165, 1.54) is 25.2 Å². The van der Waals surface area contributed by atoms with Gasteiger partial charge in [0.05, 0.1) is 16.8 Å². The normalized spacial score (nSPS) is 19.5. The Kier molecular flexibility index (Phi) is 5.74. The molecular weight excluding hydrogens is 284 g/mol. The molecule has 0 bridgehead atoms. The summed E-state index contributed by atoms with van der Waals surface area (Å²) in [5, 5.41) is 20.5. The lowest BCUT2D eigenvalue weighted by atomic mass is 9.80. The van der Waals surface area contributed by atoms with Crippen LogP contribution < -0.4 is 11.1 Å². The number of carboxylic acids is 2. The molecule has 1 aromatic carbocycles. The number of aliphatic carboxylic acids is 2. The first-order valence-corrected chi connectivity index (χ1v) is 6.67. The first-order valence-electron chi connectivity index (χ1n) is 6.67. The van der Waals surface area contributed by atoms with Crippen LogP contribution in [0, 0.1) is 5.41 Å². The average molecular weight is 304 g/mol. The van der Waals surface area contributed by atoms with Gasteiger partial charge in [-0.1, -0.05) is 30.4 Å². The number of nitrogens with two attached hydrogens (primary N) is 1. The molecule has 0 saturated carbocycles. The van der Waals surface area contributed by atoms with Crippen molar-refractivity contribution in [3.05, 3.63) is 48.1 Å². The van der Waals surface area contributed by atoms with Crippen molar-refractivity contribution in [2.24, 2.45) is 5.41 Å². The van der Waals surface area contributed by atoms with Crippen molar-refractivity contribution in [1.82, 2.24) is 0 Å². The molecule has 0 aromatic heterocycles. The third kappa shape index (κ3) is 4.37. The first-order chi connectivity index (χ1) is 10.3. The third-order valence-electron chi connectivity index (χ3n) is 3.31. The van der Waals surface area contributed by atoms with Crippen LogP contribution in [0.2, 0.25) is 0 Å². The maximum absolute atomic E-state index is 10.8. The van der Waals surface area contributed by atoms with E-state index in [1.54, 1.807) is 0 Å². The van der Waals surface area contributed by atoms with Crippen molar-refractivity contribution in [2.45, 2.75) is 13.3 Å². The highest BCUT2D eigenvalue weighted by Crippen LogP contribution is 2.31. The van der Waals surface area contributed by atoms with Gasteiger partial charge in [-0.3, -0.25) is 4.79 Å². The number of hydrogen-bond donors (Lipinski definition) is 4. The largest absolute Gasteiger partial charge is 0.481 e. The molecule has 1 aromatic rings. The van der Waals surface area contributed by atoms with Crippen LogP contribution in [-0.2, 0) is 9.59 Å². The number of para-hydroxylation sites is 2. The number of benzene rings is 1. The second-order valence-electron chi connectivity index (χ2n) is 5.09. The summed E-state index contributed by atoms with van der Waals surface area (Å²) in [7, 11) is 1.85. The summed E-state index contributed by atoms with van der Waals surface area (Å²) < 4.78 is 0. The molecule has 6 nitrogen and oxygen atoms in total. The van der Waals surface area contributed by atoms with Gasteiger partial charge in [0.1, 0.15) is 0 Å². The van der Waals surface area contributed by atoms with E-state index in [2.05, 4.69) is 5.32 Å². The lowest BCUT2D eigenvalue weighted by molar-refractivity contribution is -0.145. The minimum Gasteiger partial charge on any atom is -0.481 e. The zero-order valence-electron chi connectivity index (χ0n) is 12.5. The molecule has 0 fully saturated rings. The van der Waals surface area contributed by atoms with Crippen molar-refractivity contribution in [3.8, 4) is 0 Å². The molecule has 2 rings (SSSR count). The summed E-state index contributed by atoms with van der Waals surface area (Å²) in [6, 6.07) is 7.67. The molecule has 1 aliphatic carbocycles. The zero-order valence-corrected chi connectivity index (χ0v) is 12.5. The number of carboxylic acid groups (broad SMARTS) is 2. The molecule has 0 unspecified atom stereocenters. The van der Waals surface area contributed by atoms with Crippen LogP contribution in [-0.4, -0.2) is 29.2 Å². The molecule has 0 saturated heterocycles. The van der Waals surface area contributed by atoms with Gasteiger partial charge in [0.15, 0.2) is 0 Å². The molecule has 118 valence electrons. The van der Waals surface area contributed by atoms with Crippen LogP contribution in [0.1, 0.15) is 13.3 Å². The van der Waals surface area contributed by atoms with Gasteiger partial charge >= 0.3 is 11.9 Å². The van der Waals surface area contributed by atoms with Crippen LogP contribution in [0.25, 0.3) is 0 Å². The maximum Gasteiger partial charge on any atom is 0.331 e. The van der Waals surface area contributed by atoms with Crippen LogP contribution >= 0.6 is 0 Å². The number of rotatable bonds is 3. The highest BCUT2D eigenvalue weighted by atomic mass is 16.4. The molecule has 22 heavy (non-hydrogen) atoms. The minimum absolute atomic E-state index is 0.0359. The average Bonchev–Trinajstić information content (AvgIpc) is 2.48. The predicted molar refractivity (Wildman–Crippen MR) is 85.6 cm³/mol. The number of anilines is 2. The lowest BCUT2D eigenvalue weighted by Gasteiger charge is -2.23. The van der Waals surface area contributed by atoms with E-state index in [0.29, 0.717) is 0 Å². The van der Waals surface area contributed by atoms with E-state index in [1.807, 2.05) is 31.3 Å². The van der Waals surface area contributed by atoms with E-state index in [-0.39, 0.29) is 12.0 Å². The Labute approximate surface area is 129 Å². The van der Waals surface area contributed by atoms with Crippen LogP contribution in [0.5, 0.6) is 0 Å². The van der Waals surface area contributed by atoms with E-state index < -0.39 is 17.4 Å². The number of nitrogen functional groups attached to an aromatic ring is 1. The molecule has 0 aliphatic heterocycles. The Bertz CT molecular complexity index is 622. The Balaban J connectivity index is 0.000000235. The fraction of sp³-hybridized carbons (Fsp3) is 0.250. The number of carbonyl (C=O) groups is 2. The van der Waals surface area contributed by atoms with E-state index in [0.717, 1.165) is 11.4 Å². The van der Waals surface area contributed by atoms with Gasteiger partial charge in [0, 0.05) is 12.6 Å². The topological polar surface area (TPSA) is 113 Å². The molecule has 5 N–H and O–H groups in total. The van der Waals surface area contributed by atoms with Crippen molar-refractivity contribution < 1.29 is 19.8 Å². The fourth-order valence-electron chi connectivity index (χ4n) is 1.91. The smallest absolute Gasteiger partial charge is 0.331 e. The van der Waals surface area contributed by atoms with Crippen LogP contribution in [0.3, 0.4) is 0 Å². The monoisotopic (exact) mass is 304 g/mol. The van der Waals surface area contributed by atoms with Crippen molar-refractivity contribution in [2.75, 3.05) is 18.1 Å². The molecule has 0 heterocycles. The SMILES string of the molecule is CNc1ccccc1N.C[C@@]1(C(=O)O)C=CC=C(C(=O)O)C1. The Hall–Kier alpha value is -2.76. The lowest BCUT2D eigenvalue weighted by Crippen LogP contribution is -2.28. The summed E-state index contributed by atoms with van der Waals surface area (Å²) in [5.74, 6) is -2.06. The molecule has 0 radical (unpaired) electrons. The predicted octanol–water partition coefficient (Wildman–Crippen LogP) is 2.36. The minimum atomic E-state index is -1.08. The fourth-order valence-corrected chi connectivity index (χ4v) is 1.91. The van der Waals surface area contributed by atoms with Gasteiger partial charge in [-0.15, -0.1) is 0 Å². The summed E-state index contributed by atoms with van der Waals surface area (Å²) in [6.07, 6.45) is 4.43. The van der Waals surface area contributed by atoms with Gasteiger partial charge in [-0.05, 0) is 25.5 Å². The van der Waals surface area contributed by atoms with Gasteiger partial charge in [0.2, 0.25) is 0 Å². The second kappa shape index (κ2) is 7.31. The van der Waals surface area contributed by atoms with E-state index >= 15 is 0 Å². The van der Waals surface area contributed by atoms with Gasteiger partial charge < -0.3 is 21.3 Å². The summed E-state index contributed by atoms with van der Waals surface area (Å²) in [5.41, 5.74) is 6.40. The van der Waals surface area contributed by atoms with Crippen LogP contribution in [0.15, 0.2) is 48.1 Å². The molecule has 0 spiro atoms.